The zero-order chi connectivity index (χ0) is 22.3. The van der Waals surface area contributed by atoms with Gasteiger partial charge in [-0.3, -0.25) is 0 Å². The van der Waals surface area contributed by atoms with E-state index in [1.165, 1.54) is 42.5 Å². The third kappa shape index (κ3) is 9.24. The fourth-order valence-corrected chi connectivity index (χ4v) is 3.59. The van der Waals surface area contributed by atoms with Crippen molar-refractivity contribution in [3.8, 4) is 0 Å². The van der Waals surface area contributed by atoms with Gasteiger partial charge < -0.3 is 15.1 Å². The first kappa shape index (κ1) is 25.1. The molecule has 0 radical (unpaired) electrons. The van der Waals surface area contributed by atoms with Crippen LogP contribution in [-0.2, 0) is 6.54 Å². The average molecular weight is 426 g/mol. The van der Waals surface area contributed by atoms with Gasteiger partial charge in [0.05, 0.1) is 0 Å². The van der Waals surface area contributed by atoms with Gasteiger partial charge in [0.15, 0.2) is 12.4 Å². The van der Waals surface area contributed by atoms with Gasteiger partial charge in [-0.15, -0.1) is 0 Å². The Bertz CT molecular complexity index is 729. The fraction of sp³-hybridized carbons (Fsp3) is 0.519. The van der Waals surface area contributed by atoms with E-state index in [1.54, 1.807) is 0 Å². The molecule has 0 unspecified atom stereocenters. The summed E-state index contributed by atoms with van der Waals surface area (Å²) in [5, 5.41) is 18.3. The average Bonchev–Trinajstić information content (AvgIpc) is 2.82. The van der Waals surface area contributed by atoms with Crippen molar-refractivity contribution in [1.29, 1.82) is 0 Å². The number of anilines is 1. The van der Waals surface area contributed by atoms with Crippen molar-refractivity contribution in [3.05, 3.63) is 59.9 Å². The molecule has 2 aromatic rings. The molecule has 0 saturated carbocycles. The SMILES string of the molecule is CCCCN(CCCC)c1ccc(/C=C/c2cc[n+](CCCC(CO)CO)cc2)cc1. The quantitative estimate of drug-likeness (QED) is 0.398. The molecule has 0 amide bonds. The van der Waals surface area contributed by atoms with Gasteiger partial charge in [-0.05, 0) is 42.5 Å². The molecule has 31 heavy (non-hydrogen) atoms. The Morgan fingerprint density at radius 3 is 1.87 bits per heavy atom. The Morgan fingerprint density at radius 1 is 0.806 bits per heavy atom. The van der Waals surface area contributed by atoms with Crippen molar-refractivity contribution in [1.82, 2.24) is 0 Å². The molecule has 1 aromatic carbocycles. The fourth-order valence-electron chi connectivity index (χ4n) is 3.59. The lowest BCUT2D eigenvalue weighted by Crippen LogP contribution is -2.33. The van der Waals surface area contributed by atoms with E-state index in [1.807, 2.05) is 0 Å². The number of aliphatic hydroxyl groups excluding tert-OH is 2. The summed E-state index contributed by atoms with van der Waals surface area (Å²) in [6, 6.07) is 13.2. The summed E-state index contributed by atoms with van der Waals surface area (Å²) < 4.78 is 2.15. The van der Waals surface area contributed by atoms with Crippen molar-refractivity contribution < 1.29 is 14.8 Å². The number of aliphatic hydroxyl groups is 2. The molecule has 4 nitrogen and oxygen atoms in total. The van der Waals surface area contributed by atoms with E-state index in [4.69, 9.17) is 10.2 Å². The van der Waals surface area contributed by atoms with E-state index in [0.29, 0.717) is 0 Å². The van der Waals surface area contributed by atoms with Crippen LogP contribution in [0.4, 0.5) is 5.69 Å². The van der Waals surface area contributed by atoms with Crippen molar-refractivity contribution in [2.45, 2.75) is 58.9 Å². The monoisotopic (exact) mass is 425 g/mol. The maximum Gasteiger partial charge on any atom is 0.169 e. The van der Waals surface area contributed by atoms with Crippen LogP contribution < -0.4 is 9.47 Å². The van der Waals surface area contributed by atoms with Crippen LogP contribution in [0.2, 0.25) is 0 Å². The van der Waals surface area contributed by atoms with E-state index in [9.17, 15) is 0 Å². The van der Waals surface area contributed by atoms with Gasteiger partial charge in [-0.25, -0.2) is 4.57 Å². The van der Waals surface area contributed by atoms with Crippen LogP contribution in [0, 0.1) is 5.92 Å². The lowest BCUT2D eigenvalue weighted by Gasteiger charge is -2.24. The van der Waals surface area contributed by atoms with Gasteiger partial charge in [-0.2, -0.15) is 0 Å². The highest BCUT2D eigenvalue weighted by Crippen LogP contribution is 2.18. The predicted octanol–water partition coefficient (Wildman–Crippen LogP) is 4.93. The Kier molecular flexibility index (Phi) is 12.0. The highest BCUT2D eigenvalue weighted by molar-refractivity contribution is 5.70. The van der Waals surface area contributed by atoms with Crippen molar-refractivity contribution in [2.75, 3.05) is 31.2 Å². The molecule has 0 saturated heterocycles. The number of rotatable bonds is 15. The van der Waals surface area contributed by atoms with E-state index >= 15 is 0 Å². The maximum absolute atomic E-state index is 9.15. The highest BCUT2D eigenvalue weighted by Gasteiger charge is 2.08. The predicted molar refractivity (Wildman–Crippen MR) is 131 cm³/mol. The van der Waals surface area contributed by atoms with Crippen molar-refractivity contribution >= 4 is 17.8 Å². The van der Waals surface area contributed by atoms with E-state index in [-0.39, 0.29) is 19.1 Å². The van der Waals surface area contributed by atoms with Crippen LogP contribution in [0.25, 0.3) is 12.2 Å². The van der Waals surface area contributed by atoms with Crippen LogP contribution >= 0.6 is 0 Å². The molecule has 0 spiro atoms. The van der Waals surface area contributed by atoms with Crippen LogP contribution in [0.15, 0.2) is 48.8 Å². The lowest BCUT2D eigenvalue weighted by atomic mass is 10.1. The summed E-state index contributed by atoms with van der Waals surface area (Å²) in [7, 11) is 0. The van der Waals surface area contributed by atoms with Gasteiger partial charge in [-0.1, -0.05) is 51.0 Å². The number of nitrogens with zero attached hydrogens (tertiary/aromatic N) is 2. The first-order valence-electron chi connectivity index (χ1n) is 11.9. The van der Waals surface area contributed by atoms with Gasteiger partial charge >= 0.3 is 0 Å². The number of pyridine rings is 1. The van der Waals surface area contributed by atoms with Crippen LogP contribution in [0.1, 0.15) is 63.5 Å². The molecule has 4 heteroatoms. The number of hydrogen-bond acceptors (Lipinski definition) is 3. The Morgan fingerprint density at radius 2 is 1.35 bits per heavy atom. The molecule has 0 bridgehead atoms. The third-order valence-corrected chi connectivity index (χ3v) is 5.75. The number of unbranched alkanes of at least 4 members (excludes halogenated alkanes) is 2. The number of hydrogen-bond donors (Lipinski definition) is 2. The highest BCUT2D eigenvalue weighted by atomic mass is 16.3. The molecule has 0 aliphatic rings. The van der Waals surface area contributed by atoms with Crippen molar-refractivity contribution in [2.24, 2.45) is 5.92 Å². The Labute approximate surface area is 188 Å². The Hall–Kier alpha value is -2.17. The first-order chi connectivity index (χ1) is 15.2. The standard InChI is InChI=1S/C27H41N2O2/c1-3-5-18-29(19-6-4-2)27-13-11-24(12-14-27)9-10-25-15-20-28(21-16-25)17-7-8-26(22-30)23-31/h9-16,20-21,26,30-31H,3-8,17-19,22-23H2,1-2H3/q+1. The zero-order valence-electron chi connectivity index (χ0n) is 19.4. The van der Waals surface area contributed by atoms with Crippen LogP contribution in [0.5, 0.6) is 0 Å². The van der Waals surface area contributed by atoms with E-state index in [0.717, 1.165) is 32.5 Å². The number of aryl methyl sites for hydroxylation is 1. The molecule has 0 aliphatic heterocycles. The molecule has 1 heterocycles. The van der Waals surface area contributed by atoms with Gasteiger partial charge in [0.25, 0.3) is 0 Å². The molecule has 0 fully saturated rings. The summed E-state index contributed by atoms with van der Waals surface area (Å²) in [6.45, 7) is 7.78. The first-order valence-corrected chi connectivity index (χ1v) is 11.9. The summed E-state index contributed by atoms with van der Waals surface area (Å²) in [5.41, 5.74) is 3.71. The second kappa shape index (κ2) is 14.8. The topological polar surface area (TPSA) is 47.6 Å². The molecular weight excluding hydrogens is 384 g/mol. The van der Waals surface area contributed by atoms with E-state index < -0.39 is 0 Å². The number of aromatic nitrogens is 1. The van der Waals surface area contributed by atoms with Gasteiger partial charge in [0, 0.05) is 56.5 Å². The summed E-state index contributed by atoms with van der Waals surface area (Å²) in [4.78, 5) is 2.51. The number of benzene rings is 1. The van der Waals surface area contributed by atoms with Crippen LogP contribution in [0.3, 0.4) is 0 Å². The summed E-state index contributed by atoms with van der Waals surface area (Å²) in [5.74, 6) is -0.000404. The normalized spacial score (nSPS) is 11.5. The minimum atomic E-state index is -0.000404. The maximum atomic E-state index is 9.15. The molecular formula is C27H41N2O2+. The van der Waals surface area contributed by atoms with Crippen molar-refractivity contribution in [3.63, 3.8) is 0 Å². The summed E-state index contributed by atoms with van der Waals surface area (Å²) >= 11 is 0. The minimum absolute atomic E-state index is 0.000404. The van der Waals surface area contributed by atoms with E-state index in [2.05, 4.69) is 84.3 Å². The molecule has 1 aromatic heterocycles. The molecule has 2 rings (SSSR count). The Balaban J connectivity index is 1.89. The minimum Gasteiger partial charge on any atom is -0.396 e. The molecule has 170 valence electrons. The third-order valence-electron chi connectivity index (χ3n) is 5.75. The smallest absolute Gasteiger partial charge is 0.169 e. The molecule has 2 N–H and O–H groups in total. The van der Waals surface area contributed by atoms with Gasteiger partial charge in [0.1, 0.15) is 6.54 Å². The second-order valence-corrected chi connectivity index (χ2v) is 8.36. The lowest BCUT2D eigenvalue weighted by molar-refractivity contribution is -0.697. The molecule has 0 atom stereocenters. The largest absolute Gasteiger partial charge is 0.396 e. The summed E-state index contributed by atoms with van der Waals surface area (Å²) in [6.07, 6.45) is 15.2. The van der Waals surface area contributed by atoms with Crippen LogP contribution in [-0.4, -0.2) is 36.5 Å². The zero-order valence-corrected chi connectivity index (χ0v) is 19.4. The molecule has 0 aliphatic carbocycles. The van der Waals surface area contributed by atoms with Gasteiger partial charge in [0.2, 0.25) is 0 Å². The second-order valence-electron chi connectivity index (χ2n) is 8.36.